The number of halogens is 1. The number of esters is 1. The van der Waals surface area contributed by atoms with Crippen molar-refractivity contribution in [3.8, 4) is 0 Å². The van der Waals surface area contributed by atoms with Crippen molar-refractivity contribution >= 4 is 5.97 Å². The number of hydrogen-bond donors (Lipinski definition) is 0. The Bertz CT molecular complexity index is 579. The van der Waals surface area contributed by atoms with E-state index in [1.807, 2.05) is 30.3 Å². The zero-order valence-electron chi connectivity index (χ0n) is 11.4. The van der Waals surface area contributed by atoms with Gasteiger partial charge in [0.05, 0.1) is 12.2 Å². The van der Waals surface area contributed by atoms with Gasteiger partial charge >= 0.3 is 5.97 Å². The minimum Gasteiger partial charge on any atom is -0.462 e. The maximum atomic E-state index is 13.0. The summed E-state index contributed by atoms with van der Waals surface area (Å²) in [6, 6.07) is 14.1. The first-order valence-corrected chi connectivity index (χ1v) is 6.64. The molecule has 0 saturated heterocycles. The molecule has 0 unspecified atom stereocenters. The summed E-state index contributed by atoms with van der Waals surface area (Å²) >= 11 is 0. The van der Waals surface area contributed by atoms with Crippen LogP contribution in [0.5, 0.6) is 0 Å². The SMILES string of the molecule is Cc1cc(F)ccc1C(=O)OCCCc1ccccc1. The van der Waals surface area contributed by atoms with Crippen molar-refractivity contribution in [1.29, 1.82) is 0 Å². The molecule has 0 spiro atoms. The number of rotatable bonds is 5. The molecule has 0 heterocycles. The number of carbonyl (C=O) groups excluding carboxylic acids is 1. The molecule has 0 radical (unpaired) electrons. The van der Waals surface area contributed by atoms with E-state index in [1.54, 1.807) is 6.92 Å². The third kappa shape index (κ3) is 3.92. The van der Waals surface area contributed by atoms with Crippen LogP contribution in [0.25, 0.3) is 0 Å². The molecular formula is C17H17FO2. The highest BCUT2D eigenvalue weighted by atomic mass is 19.1. The molecule has 2 nitrogen and oxygen atoms in total. The number of carbonyl (C=O) groups is 1. The van der Waals surface area contributed by atoms with Gasteiger partial charge < -0.3 is 4.74 Å². The molecule has 0 aromatic heterocycles. The summed E-state index contributed by atoms with van der Waals surface area (Å²) in [7, 11) is 0. The molecule has 2 aromatic rings. The summed E-state index contributed by atoms with van der Waals surface area (Å²) in [6.45, 7) is 2.06. The van der Waals surface area contributed by atoms with E-state index >= 15 is 0 Å². The van der Waals surface area contributed by atoms with E-state index in [-0.39, 0.29) is 5.82 Å². The van der Waals surface area contributed by atoms with Crippen LogP contribution in [-0.4, -0.2) is 12.6 Å². The minimum atomic E-state index is -0.393. The molecule has 0 atom stereocenters. The Hall–Kier alpha value is -2.16. The molecule has 0 N–H and O–H groups in total. The van der Waals surface area contributed by atoms with Crippen LogP contribution in [0.3, 0.4) is 0 Å². The van der Waals surface area contributed by atoms with Gasteiger partial charge in [-0.25, -0.2) is 9.18 Å². The Morgan fingerprint density at radius 1 is 1.15 bits per heavy atom. The molecule has 3 heteroatoms. The van der Waals surface area contributed by atoms with E-state index in [1.165, 1.54) is 23.8 Å². The highest BCUT2D eigenvalue weighted by Crippen LogP contribution is 2.12. The summed E-state index contributed by atoms with van der Waals surface area (Å²) in [5.74, 6) is -0.737. The van der Waals surface area contributed by atoms with Crippen LogP contribution in [0, 0.1) is 12.7 Å². The summed E-state index contributed by atoms with van der Waals surface area (Å²) < 4.78 is 18.2. The van der Waals surface area contributed by atoms with E-state index in [2.05, 4.69) is 0 Å². The van der Waals surface area contributed by atoms with E-state index in [0.717, 1.165) is 12.8 Å². The van der Waals surface area contributed by atoms with E-state index in [9.17, 15) is 9.18 Å². The molecule has 20 heavy (non-hydrogen) atoms. The van der Waals surface area contributed by atoms with Gasteiger partial charge in [-0.1, -0.05) is 30.3 Å². The normalized spacial score (nSPS) is 10.3. The van der Waals surface area contributed by atoms with Crippen LogP contribution in [0.15, 0.2) is 48.5 Å². The number of benzene rings is 2. The van der Waals surface area contributed by atoms with Crippen molar-refractivity contribution in [3.05, 3.63) is 71.0 Å². The van der Waals surface area contributed by atoms with E-state index < -0.39 is 5.97 Å². The van der Waals surface area contributed by atoms with Crippen molar-refractivity contribution < 1.29 is 13.9 Å². The fourth-order valence-corrected chi connectivity index (χ4v) is 2.02. The molecular weight excluding hydrogens is 255 g/mol. The maximum absolute atomic E-state index is 13.0. The predicted molar refractivity (Wildman–Crippen MR) is 76.2 cm³/mol. The van der Waals surface area contributed by atoms with Gasteiger partial charge in [-0.05, 0) is 49.1 Å². The van der Waals surface area contributed by atoms with E-state index in [4.69, 9.17) is 4.74 Å². The van der Waals surface area contributed by atoms with Gasteiger partial charge in [-0.3, -0.25) is 0 Å². The van der Waals surface area contributed by atoms with Crippen LogP contribution in [0.1, 0.15) is 27.9 Å². The predicted octanol–water partition coefficient (Wildman–Crippen LogP) is 3.92. The lowest BCUT2D eigenvalue weighted by Crippen LogP contribution is -2.09. The lowest BCUT2D eigenvalue weighted by atomic mass is 10.1. The van der Waals surface area contributed by atoms with Gasteiger partial charge in [0.1, 0.15) is 5.82 Å². The Balaban J connectivity index is 1.80. The van der Waals surface area contributed by atoms with Gasteiger partial charge in [0.25, 0.3) is 0 Å². The third-order valence-corrected chi connectivity index (χ3v) is 3.09. The lowest BCUT2D eigenvalue weighted by molar-refractivity contribution is 0.0499. The smallest absolute Gasteiger partial charge is 0.338 e. The molecule has 0 fully saturated rings. The van der Waals surface area contributed by atoms with Gasteiger partial charge in [-0.2, -0.15) is 0 Å². The van der Waals surface area contributed by atoms with Crippen molar-refractivity contribution in [2.75, 3.05) is 6.61 Å². The maximum Gasteiger partial charge on any atom is 0.338 e. The van der Waals surface area contributed by atoms with Gasteiger partial charge in [0.2, 0.25) is 0 Å². The summed E-state index contributed by atoms with van der Waals surface area (Å²) in [5, 5.41) is 0. The molecule has 0 aliphatic rings. The minimum absolute atomic E-state index is 0.344. The zero-order chi connectivity index (χ0) is 14.4. The molecule has 104 valence electrons. The van der Waals surface area contributed by atoms with Gasteiger partial charge in [0, 0.05) is 0 Å². The summed E-state index contributed by atoms with van der Waals surface area (Å²) in [6.07, 6.45) is 1.65. The second-order valence-corrected chi connectivity index (χ2v) is 4.68. The molecule has 0 aliphatic heterocycles. The Morgan fingerprint density at radius 3 is 2.60 bits per heavy atom. The molecule has 2 rings (SSSR count). The quantitative estimate of drug-likeness (QED) is 0.609. The van der Waals surface area contributed by atoms with Crippen molar-refractivity contribution in [3.63, 3.8) is 0 Å². The first kappa shape index (κ1) is 14.3. The van der Waals surface area contributed by atoms with Crippen molar-refractivity contribution in [2.24, 2.45) is 0 Å². The third-order valence-electron chi connectivity index (χ3n) is 3.09. The average molecular weight is 272 g/mol. The first-order chi connectivity index (χ1) is 9.66. The van der Waals surface area contributed by atoms with Crippen LogP contribution < -0.4 is 0 Å². The van der Waals surface area contributed by atoms with Crippen LogP contribution in [0.4, 0.5) is 4.39 Å². The topological polar surface area (TPSA) is 26.3 Å². The Labute approximate surface area is 118 Å². The van der Waals surface area contributed by atoms with E-state index in [0.29, 0.717) is 17.7 Å². The highest BCUT2D eigenvalue weighted by Gasteiger charge is 2.10. The summed E-state index contributed by atoms with van der Waals surface area (Å²) in [4.78, 5) is 11.8. The standard InChI is InChI=1S/C17H17FO2/c1-13-12-15(18)9-10-16(13)17(19)20-11-5-8-14-6-3-2-4-7-14/h2-4,6-7,9-10,12H,5,8,11H2,1H3. The Kier molecular flexibility index (Phi) is 4.88. The monoisotopic (exact) mass is 272 g/mol. The largest absolute Gasteiger partial charge is 0.462 e. The highest BCUT2D eigenvalue weighted by molar-refractivity contribution is 5.90. The average Bonchev–Trinajstić information content (AvgIpc) is 2.44. The fraction of sp³-hybridized carbons (Fsp3) is 0.235. The molecule has 2 aromatic carbocycles. The first-order valence-electron chi connectivity index (χ1n) is 6.64. The lowest BCUT2D eigenvalue weighted by Gasteiger charge is -2.07. The molecule has 0 bridgehead atoms. The second kappa shape index (κ2) is 6.85. The fourth-order valence-electron chi connectivity index (χ4n) is 2.02. The van der Waals surface area contributed by atoms with Crippen LogP contribution in [-0.2, 0) is 11.2 Å². The zero-order valence-corrected chi connectivity index (χ0v) is 11.4. The van der Waals surface area contributed by atoms with Gasteiger partial charge in [-0.15, -0.1) is 0 Å². The Morgan fingerprint density at radius 2 is 1.90 bits per heavy atom. The molecule has 0 saturated carbocycles. The van der Waals surface area contributed by atoms with Crippen LogP contribution >= 0.6 is 0 Å². The summed E-state index contributed by atoms with van der Waals surface area (Å²) in [5.41, 5.74) is 2.24. The van der Waals surface area contributed by atoms with Gasteiger partial charge in [0.15, 0.2) is 0 Å². The second-order valence-electron chi connectivity index (χ2n) is 4.68. The van der Waals surface area contributed by atoms with Crippen molar-refractivity contribution in [2.45, 2.75) is 19.8 Å². The van der Waals surface area contributed by atoms with Crippen molar-refractivity contribution in [1.82, 2.24) is 0 Å². The molecule has 0 amide bonds. The number of hydrogen-bond acceptors (Lipinski definition) is 2. The molecule has 0 aliphatic carbocycles. The number of ether oxygens (including phenoxy) is 1. The number of aryl methyl sites for hydroxylation is 2. The van der Waals surface area contributed by atoms with Crippen LogP contribution in [0.2, 0.25) is 0 Å².